The first kappa shape index (κ1) is 9.27. The van der Waals surface area contributed by atoms with Gasteiger partial charge >= 0.3 is 0 Å². The highest BCUT2D eigenvalue weighted by Gasteiger charge is 2.29. The van der Waals surface area contributed by atoms with Gasteiger partial charge in [-0.25, -0.2) is 0 Å². The maximum Gasteiger partial charge on any atom is 0.0473 e. The van der Waals surface area contributed by atoms with E-state index in [2.05, 4.69) is 19.6 Å². The van der Waals surface area contributed by atoms with Crippen molar-refractivity contribution in [3.63, 3.8) is 0 Å². The van der Waals surface area contributed by atoms with Crippen molar-refractivity contribution in [1.29, 1.82) is 0 Å². The zero-order valence-electron chi connectivity index (χ0n) is 8.06. The molecule has 0 aromatic rings. The minimum absolute atomic E-state index is 0.516. The third-order valence-corrected chi connectivity index (χ3v) is 6.02. The summed E-state index contributed by atoms with van der Waals surface area (Å²) in [6.45, 7) is 7.44. The van der Waals surface area contributed by atoms with Gasteiger partial charge in [-0.05, 0) is 18.4 Å². The molecular formula is C9H21NSi. The Kier molecular flexibility index (Phi) is 2.76. The Morgan fingerprint density at radius 3 is 1.82 bits per heavy atom. The molecule has 0 amide bonds. The molecule has 1 aliphatic carbocycles. The van der Waals surface area contributed by atoms with E-state index in [4.69, 9.17) is 5.73 Å². The molecule has 0 aromatic heterocycles. The second-order valence-electron chi connectivity index (χ2n) is 4.98. The van der Waals surface area contributed by atoms with E-state index in [1.165, 1.54) is 25.7 Å². The Balaban J connectivity index is 2.39. The van der Waals surface area contributed by atoms with Crippen LogP contribution < -0.4 is 5.73 Å². The Morgan fingerprint density at radius 2 is 1.45 bits per heavy atom. The van der Waals surface area contributed by atoms with E-state index >= 15 is 0 Å². The largest absolute Gasteiger partial charge is 0.328 e. The lowest BCUT2D eigenvalue weighted by Crippen LogP contribution is -2.34. The first-order valence-corrected chi connectivity index (χ1v) is 8.33. The van der Waals surface area contributed by atoms with Crippen LogP contribution in [-0.2, 0) is 0 Å². The first-order chi connectivity index (χ1) is 5.00. The molecule has 1 rings (SSSR count). The third kappa shape index (κ3) is 2.60. The molecule has 1 fully saturated rings. The summed E-state index contributed by atoms with van der Waals surface area (Å²) in [5.74, 6) is 0. The van der Waals surface area contributed by atoms with Crippen molar-refractivity contribution in [2.75, 3.05) is 0 Å². The number of hydrogen-bond acceptors (Lipinski definition) is 1. The fraction of sp³-hybridized carbons (Fsp3) is 1.00. The molecular weight excluding hydrogens is 150 g/mol. The molecule has 0 aromatic carbocycles. The minimum Gasteiger partial charge on any atom is -0.328 e. The summed E-state index contributed by atoms with van der Waals surface area (Å²) in [6.07, 6.45) is 5.34. The Labute approximate surface area is 71.4 Å². The van der Waals surface area contributed by atoms with Gasteiger partial charge in [0.15, 0.2) is 0 Å². The van der Waals surface area contributed by atoms with Crippen LogP contribution in [0, 0.1) is 0 Å². The zero-order chi connectivity index (χ0) is 8.48. The molecule has 0 bridgehead atoms. The van der Waals surface area contributed by atoms with Crippen LogP contribution in [0.2, 0.25) is 25.2 Å². The highest BCUT2D eigenvalue weighted by atomic mass is 28.3. The molecule has 0 atom stereocenters. The summed E-state index contributed by atoms with van der Waals surface area (Å²) < 4.78 is 0. The van der Waals surface area contributed by atoms with Crippen LogP contribution in [0.15, 0.2) is 0 Å². The van der Waals surface area contributed by atoms with Gasteiger partial charge < -0.3 is 5.73 Å². The summed E-state index contributed by atoms with van der Waals surface area (Å²) in [7, 11) is -0.842. The molecule has 0 heterocycles. The lowest BCUT2D eigenvalue weighted by Gasteiger charge is -2.34. The molecule has 2 N–H and O–H groups in total. The van der Waals surface area contributed by atoms with Crippen molar-refractivity contribution in [3.8, 4) is 0 Å². The summed E-state index contributed by atoms with van der Waals surface area (Å²) >= 11 is 0. The summed E-state index contributed by atoms with van der Waals surface area (Å²) in [5, 5.41) is 0. The first-order valence-electron chi connectivity index (χ1n) is 4.76. The van der Waals surface area contributed by atoms with Crippen molar-refractivity contribution in [2.24, 2.45) is 5.73 Å². The Hall–Kier alpha value is 0.177. The maximum absolute atomic E-state index is 5.86. The predicted molar refractivity (Wildman–Crippen MR) is 53.5 cm³/mol. The van der Waals surface area contributed by atoms with Gasteiger partial charge in [-0.3, -0.25) is 0 Å². The van der Waals surface area contributed by atoms with Crippen molar-refractivity contribution >= 4 is 8.07 Å². The van der Waals surface area contributed by atoms with E-state index in [0.29, 0.717) is 6.04 Å². The van der Waals surface area contributed by atoms with Gasteiger partial charge in [-0.1, -0.05) is 32.5 Å². The molecule has 0 saturated heterocycles. The molecule has 0 spiro atoms. The normalized spacial score (nSPS) is 33.8. The van der Waals surface area contributed by atoms with Crippen LogP contribution in [0.5, 0.6) is 0 Å². The molecule has 0 radical (unpaired) electrons. The van der Waals surface area contributed by atoms with Gasteiger partial charge in [0.1, 0.15) is 0 Å². The van der Waals surface area contributed by atoms with Gasteiger partial charge in [0.05, 0.1) is 0 Å². The molecule has 11 heavy (non-hydrogen) atoms. The van der Waals surface area contributed by atoms with Gasteiger partial charge in [0, 0.05) is 14.1 Å². The number of rotatable bonds is 1. The second-order valence-corrected chi connectivity index (χ2v) is 10.5. The molecule has 1 saturated carbocycles. The number of hydrogen-bond donors (Lipinski definition) is 1. The smallest absolute Gasteiger partial charge is 0.0473 e. The zero-order valence-corrected chi connectivity index (χ0v) is 9.06. The minimum atomic E-state index is -0.842. The van der Waals surface area contributed by atoms with Crippen LogP contribution in [0.4, 0.5) is 0 Å². The van der Waals surface area contributed by atoms with Gasteiger partial charge in [-0.15, -0.1) is 0 Å². The third-order valence-electron chi connectivity index (χ3n) is 3.00. The summed E-state index contributed by atoms with van der Waals surface area (Å²) in [4.78, 5) is 0. The molecule has 66 valence electrons. The van der Waals surface area contributed by atoms with Crippen molar-refractivity contribution in [1.82, 2.24) is 0 Å². The average Bonchev–Trinajstić information content (AvgIpc) is 1.86. The molecule has 1 nitrogen and oxygen atoms in total. The predicted octanol–water partition coefficient (Wildman–Crippen LogP) is 2.60. The highest BCUT2D eigenvalue weighted by Crippen LogP contribution is 2.36. The monoisotopic (exact) mass is 171 g/mol. The van der Waals surface area contributed by atoms with Crippen LogP contribution in [-0.4, -0.2) is 14.1 Å². The van der Waals surface area contributed by atoms with E-state index in [1.54, 1.807) is 0 Å². The Morgan fingerprint density at radius 1 is 1.00 bits per heavy atom. The van der Waals surface area contributed by atoms with E-state index in [1.807, 2.05) is 0 Å². The lowest BCUT2D eigenvalue weighted by atomic mass is 9.96. The van der Waals surface area contributed by atoms with E-state index in [-0.39, 0.29) is 0 Å². The van der Waals surface area contributed by atoms with E-state index in [9.17, 15) is 0 Å². The maximum atomic E-state index is 5.86. The van der Waals surface area contributed by atoms with Gasteiger partial charge in [0.2, 0.25) is 0 Å². The lowest BCUT2D eigenvalue weighted by molar-refractivity contribution is 0.433. The van der Waals surface area contributed by atoms with Crippen molar-refractivity contribution < 1.29 is 0 Å². The quantitative estimate of drug-likeness (QED) is 0.603. The van der Waals surface area contributed by atoms with Gasteiger partial charge in [0.25, 0.3) is 0 Å². The summed E-state index contributed by atoms with van der Waals surface area (Å²) in [6, 6.07) is 0.516. The highest BCUT2D eigenvalue weighted by molar-refractivity contribution is 6.77. The van der Waals surface area contributed by atoms with E-state index < -0.39 is 8.07 Å². The Bertz CT molecular complexity index is 120. The molecule has 1 aliphatic rings. The van der Waals surface area contributed by atoms with Crippen LogP contribution in [0.25, 0.3) is 0 Å². The fourth-order valence-electron chi connectivity index (χ4n) is 1.99. The van der Waals surface area contributed by atoms with Crippen LogP contribution in [0.1, 0.15) is 25.7 Å². The SMILES string of the molecule is C[Si](C)(C)[C@H]1CC[C@H](N)CC1. The molecule has 0 aliphatic heterocycles. The summed E-state index contributed by atoms with van der Waals surface area (Å²) in [5.41, 5.74) is 6.90. The van der Waals surface area contributed by atoms with Gasteiger partial charge in [-0.2, -0.15) is 0 Å². The van der Waals surface area contributed by atoms with Crippen LogP contribution >= 0.6 is 0 Å². The number of nitrogens with two attached hydrogens (primary N) is 1. The average molecular weight is 171 g/mol. The fourth-order valence-corrected chi connectivity index (χ4v) is 4.05. The molecule has 2 heteroatoms. The van der Waals surface area contributed by atoms with Crippen molar-refractivity contribution in [3.05, 3.63) is 0 Å². The second kappa shape index (κ2) is 3.28. The van der Waals surface area contributed by atoms with Crippen molar-refractivity contribution in [2.45, 2.75) is 56.9 Å². The topological polar surface area (TPSA) is 26.0 Å². The molecule has 0 unspecified atom stereocenters. The van der Waals surface area contributed by atoms with Crippen LogP contribution in [0.3, 0.4) is 0 Å². The standard InChI is InChI=1S/C9H21NSi/c1-11(2,3)9-6-4-8(10)5-7-9/h8-9H,4-7,10H2,1-3H3/t8-,9-. The van der Waals surface area contributed by atoms with E-state index in [0.717, 1.165) is 5.54 Å².